The molecule has 1 aliphatic heterocycles. The molecule has 2 heterocycles. The van der Waals surface area contributed by atoms with Gasteiger partial charge in [-0.2, -0.15) is 0 Å². The number of rotatable bonds is 5. The van der Waals surface area contributed by atoms with E-state index in [4.69, 9.17) is 13.9 Å². The molecular weight excluding hydrogens is 354 g/mol. The van der Waals surface area contributed by atoms with Crippen molar-refractivity contribution in [2.75, 3.05) is 20.8 Å². The van der Waals surface area contributed by atoms with Crippen LogP contribution in [0.3, 0.4) is 0 Å². The van der Waals surface area contributed by atoms with Crippen LogP contribution < -0.4 is 15.1 Å². The third-order valence-electron chi connectivity index (χ3n) is 5.52. The van der Waals surface area contributed by atoms with Crippen LogP contribution in [0.1, 0.15) is 35.6 Å². The molecule has 1 aromatic heterocycles. The summed E-state index contributed by atoms with van der Waals surface area (Å²) in [6.07, 6.45) is 2.17. The maximum absolute atomic E-state index is 12.1. The smallest absolute Gasteiger partial charge is 0.336 e. The molecule has 4 rings (SSSR count). The normalized spacial score (nSPS) is 17.2. The maximum atomic E-state index is 12.1. The van der Waals surface area contributed by atoms with E-state index in [-0.39, 0.29) is 11.7 Å². The molecule has 0 unspecified atom stereocenters. The molecule has 1 aliphatic rings. The van der Waals surface area contributed by atoms with Crippen LogP contribution in [0, 0.1) is 6.92 Å². The van der Waals surface area contributed by atoms with Gasteiger partial charge in [-0.15, -0.1) is 0 Å². The summed E-state index contributed by atoms with van der Waals surface area (Å²) in [4.78, 5) is 14.5. The second-order valence-corrected chi connectivity index (χ2v) is 7.33. The van der Waals surface area contributed by atoms with Gasteiger partial charge in [-0.05, 0) is 49.6 Å². The van der Waals surface area contributed by atoms with Crippen LogP contribution in [-0.2, 0) is 6.54 Å². The van der Waals surface area contributed by atoms with E-state index in [9.17, 15) is 4.79 Å². The van der Waals surface area contributed by atoms with Gasteiger partial charge in [-0.25, -0.2) is 4.79 Å². The average molecular weight is 379 g/mol. The van der Waals surface area contributed by atoms with E-state index < -0.39 is 0 Å². The van der Waals surface area contributed by atoms with Crippen molar-refractivity contribution in [3.63, 3.8) is 0 Å². The molecule has 5 nitrogen and oxygen atoms in total. The fraction of sp³-hybridized carbons (Fsp3) is 0.348. The highest BCUT2D eigenvalue weighted by molar-refractivity contribution is 5.80. The Balaban J connectivity index is 1.69. The van der Waals surface area contributed by atoms with Gasteiger partial charge < -0.3 is 13.9 Å². The lowest BCUT2D eigenvalue weighted by molar-refractivity contribution is 0.243. The Morgan fingerprint density at radius 2 is 1.96 bits per heavy atom. The Kier molecular flexibility index (Phi) is 5.09. The van der Waals surface area contributed by atoms with Crippen molar-refractivity contribution in [2.24, 2.45) is 0 Å². The number of methoxy groups -OCH3 is 2. The minimum atomic E-state index is -0.300. The van der Waals surface area contributed by atoms with Crippen LogP contribution in [0.25, 0.3) is 11.0 Å². The summed E-state index contributed by atoms with van der Waals surface area (Å²) < 4.78 is 16.4. The monoisotopic (exact) mass is 379 g/mol. The molecule has 0 aliphatic carbocycles. The molecular formula is C23H25NO4. The van der Waals surface area contributed by atoms with Crippen molar-refractivity contribution in [3.8, 4) is 11.5 Å². The summed E-state index contributed by atoms with van der Waals surface area (Å²) in [7, 11) is 3.35. The molecule has 28 heavy (non-hydrogen) atoms. The predicted molar refractivity (Wildman–Crippen MR) is 109 cm³/mol. The first-order chi connectivity index (χ1) is 13.6. The lowest BCUT2D eigenvalue weighted by Crippen LogP contribution is -2.24. The van der Waals surface area contributed by atoms with E-state index >= 15 is 0 Å². The first-order valence-corrected chi connectivity index (χ1v) is 9.58. The Morgan fingerprint density at radius 1 is 1.11 bits per heavy atom. The molecule has 0 amide bonds. The lowest BCUT2D eigenvalue weighted by atomic mass is 10.0. The number of ether oxygens (including phenoxy) is 2. The summed E-state index contributed by atoms with van der Waals surface area (Å²) in [5, 5.41) is 0.998. The summed E-state index contributed by atoms with van der Waals surface area (Å²) in [5.41, 5.74) is 3.59. The number of aryl methyl sites for hydroxylation is 1. The van der Waals surface area contributed by atoms with Crippen LogP contribution in [0.15, 0.2) is 51.7 Å². The van der Waals surface area contributed by atoms with E-state index in [1.807, 2.05) is 31.2 Å². The molecule has 1 atom stereocenters. The largest absolute Gasteiger partial charge is 0.497 e. The predicted octanol–water partition coefficient (Wildman–Crippen LogP) is 4.46. The molecule has 0 N–H and O–H groups in total. The van der Waals surface area contributed by atoms with Crippen molar-refractivity contribution in [2.45, 2.75) is 32.4 Å². The third-order valence-corrected chi connectivity index (χ3v) is 5.52. The summed E-state index contributed by atoms with van der Waals surface area (Å²) >= 11 is 0. The molecule has 0 spiro atoms. The highest BCUT2D eigenvalue weighted by Gasteiger charge is 2.29. The molecule has 0 bridgehead atoms. The standard InChI is InChI=1S/C23H25NO4/c1-15-6-8-18-16(12-23(25)28-22(18)11-15)14-24-10-4-5-20(24)19-9-7-17(26-2)13-21(19)27-3/h6-9,11-13,20H,4-5,10,14H2,1-3H3/t20-/m1/s1. The van der Waals surface area contributed by atoms with Crippen molar-refractivity contribution in [3.05, 3.63) is 69.6 Å². The summed E-state index contributed by atoms with van der Waals surface area (Å²) in [6, 6.07) is 13.9. The van der Waals surface area contributed by atoms with Crippen LogP contribution in [0.5, 0.6) is 11.5 Å². The number of benzene rings is 2. The zero-order valence-electron chi connectivity index (χ0n) is 16.5. The maximum Gasteiger partial charge on any atom is 0.336 e. The van der Waals surface area contributed by atoms with Gasteiger partial charge in [-0.3, -0.25) is 4.90 Å². The Bertz CT molecular complexity index is 1060. The van der Waals surface area contributed by atoms with Crippen LogP contribution in [0.2, 0.25) is 0 Å². The van der Waals surface area contributed by atoms with Crippen molar-refractivity contribution in [1.29, 1.82) is 0 Å². The number of likely N-dealkylation sites (tertiary alicyclic amines) is 1. The van der Waals surface area contributed by atoms with Crippen LogP contribution in [0.4, 0.5) is 0 Å². The van der Waals surface area contributed by atoms with Gasteiger partial charge in [0, 0.05) is 35.7 Å². The molecule has 0 saturated carbocycles. The van der Waals surface area contributed by atoms with Crippen molar-refractivity contribution < 1.29 is 13.9 Å². The Morgan fingerprint density at radius 3 is 2.75 bits per heavy atom. The Labute approximate surface area is 164 Å². The minimum Gasteiger partial charge on any atom is -0.497 e. The molecule has 2 aromatic carbocycles. The topological polar surface area (TPSA) is 51.9 Å². The second kappa shape index (κ2) is 7.68. The SMILES string of the molecule is COc1ccc([C@H]2CCCN2Cc2cc(=O)oc3cc(C)ccc23)c(OC)c1. The van der Waals surface area contributed by atoms with Gasteiger partial charge in [0.05, 0.1) is 14.2 Å². The number of fused-ring (bicyclic) bond motifs is 1. The average Bonchev–Trinajstić information content (AvgIpc) is 3.14. The number of hydrogen-bond acceptors (Lipinski definition) is 5. The fourth-order valence-electron chi connectivity index (χ4n) is 4.15. The second-order valence-electron chi connectivity index (χ2n) is 7.33. The molecule has 0 radical (unpaired) electrons. The first-order valence-electron chi connectivity index (χ1n) is 9.58. The molecule has 1 fully saturated rings. The van der Waals surface area contributed by atoms with Gasteiger partial charge in [0.1, 0.15) is 17.1 Å². The van der Waals surface area contributed by atoms with Gasteiger partial charge in [0.15, 0.2) is 0 Å². The van der Waals surface area contributed by atoms with Crippen LogP contribution in [-0.4, -0.2) is 25.7 Å². The molecule has 1 saturated heterocycles. The van der Waals surface area contributed by atoms with E-state index in [0.717, 1.165) is 53.0 Å². The first kappa shape index (κ1) is 18.6. The zero-order valence-corrected chi connectivity index (χ0v) is 16.5. The zero-order chi connectivity index (χ0) is 19.7. The number of hydrogen-bond donors (Lipinski definition) is 0. The van der Waals surface area contributed by atoms with Gasteiger partial charge in [0.2, 0.25) is 0 Å². The van der Waals surface area contributed by atoms with Crippen molar-refractivity contribution in [1.82, 2.24) is 4.90 Å². The summed E-state index contributed by atoms with van der Waals surface area (Å²) in [6.45, 7) is 3.68. The van der Waals surface area contributed by atoms with Gasteiger partial charge >= 0.3 is 5.63 Å². The lowest BCUT2D eigenvalue weighted by Gasteiger charge is -2.26. The molecule has 146 valence electrons. The fourth-order valence-corrected chi connectivity index (χ4v) is 4.15. The molecule has 3 aromatic rings. The van der Waals surface area contributed by atoms with E-state index in [2.05, 4.69) is 17.0 Å². The summed E-state index contributed by atoms with van der Waals surface area (Å²) in [5.74, 6) is 1.62. The van der Waals surface area contributed by atoms with Crippen LogP contribution >= 0.6 is 0 Å². The highest BCUT2D eigenvalue weighted by atomic mass is 16.5. The number of nitrogens with zero attached hydrogens (tertiary/aromatic N) is 1. The molecule has 5 heteroatoms. The van der Waals surface area contributed by atoms with E-state index in [1.54, 1.807) is 20.3 Å². The van der Waals surface area contributed by atoms with E-state index in [1.165, 1.54) is 0 Å². The third kappa shape index (κ3) is 3.50. The minimum absolute atomic E-state index is 0.244. The van der Waals surface area contributed by atoms with Gasteiger partial charge in [-0.1, -0.05) is 18.2 Å². The quantitative estimate of drug-likeness (QED) is 0.613. The van der Waals surface area contributed by atoms with E-state index in [0.29, 0.717) is 12.1 Å². The Hall–Kier alpha value is -2.79. The van der Waals surface area contributed by atoms with Crippen molar-refractivity contribution >= 4 is 11.0 Å². The highest BCUT2D eigenvalue weighted by Crippen LogP contribution is 2.39. The van der Waals surface area contributed by atoms with Gasteiger partial charge in [0.25, 0.3) is 0 Å².